The Balaban J connectivity index is 1.98. The molecule has 1 aliphatic heterocycles. The van der Waals surface area contributed by atoms with E-state index in [1.807, 2.05) is 0 Å². The monoisotopic (exact) mass is 434 g/mol. The Morgan fingerprint density at radius 1 is 1.23 bits per heavy atom. The second-order valence-corrected chi connectivity index (χ2v) is 7.60. The Morgan fingerprint density at radius 3 is 2.42 bits per heavy atom. The lowest BCUT2D eigenvalue weighted by Crippen LogP contribution is -2.33. The van der Waals surface area contributed by atoms with Crippen molar-refractivity contribution in [2.24, 2.45) is 5.92 Å². The van der Waals surface area contributed by atoms with Crippen molar-refractivity contribution < 1.29 is 39.5 Å². The van der Waals surface area contributed by atoms with Crippen LogP contribution in [0.4, 0.5) is 0 Å². The third-order valence-electron chi connectivity index (χ3n) is 5.26. The number of hydrogen-bond acceptors (Lipinski definition) is 7. The highest BCUT2D eigenvalue weighted by atomic mass is 16.6. The highest BCUT2D eigenvalue weighted by Crippen LogP contribution is 2.25. The van der Waals surface area contributed by atoms with E-state index < -0.39 is 35.7 Å². The van der Waals surface area contributed by atoms with E-state index in [4.69, 9.17) is 4.74 Å². The van der Waals surface area contributed by atoms with E-state index in [-0.39, 0.29) is 6.61 Å². The normalized spacial score (nSPS) is 18.6. The maximum atomic E-state index is 11.7. The summed E-state index contributed by atoms with van der Waals surface area (Å²) in [6.07, 6.45) is 3.51. The number of carboxylic acids is 1. The molecule has 1 aliphatic rings. The Kier molecular flexibility index (Phi) is 8.93. The molecule has 31 heavy (non-hydrogen) atoms. The molecule has 8 heteroatoms. The SMILES string of the molecule is CCCCC(CC)CC(=Cc1ccc(OCC(O)C2OC(=O)C(O)=C2O)cc1)C(=O)O. The van der Waals surface area contributed by atoms with E-state index >= 15 is 0 Å². The first-order valence-electron chi connectivity index (χ1n) is 10.4. The highest BCUT2D eigenvalue weighted by Gasteiger charge is 2.39. The Hall–Kier alpha value is -3.00. The van der Waals surface area contributed by atoms with E-state index in [2.05, 4.69) is 18.6 Å². The second-order valence-electron chi connectivity index (χ2n) is 7.60. The summed E-state index contributed by atoms with van der Waals surface area (Å²) in [5, 5.41) is 38.5. The molecule has 1 heterocycles. The summed E-state index contributed by atoms with van der Waals surface area (Å²) >= 11 is 0. The number of aliphatic carboxylic acids is 1. The number of rotatable bonds is 12. The van der Waals surface area contributed by atoms with Gasteiger partial charge >= 0.3 is 11.9 Å². The van der Waals surface area contributed by atoms with Gasteiger partial charge < -0.3 is 29.9 Å². The Bertz CT molecular complexity index is 824. The standard InChI is InChI=1S/C23H30O8/c1-3-5-6-14(4-2)11-16(22(27)28)12-15-7-9-17(10-8-15)30-13-18(24)21-19(25)20(26)23(29)31-21/h7-10,12,14,18,21,24-26H,3-6,11,13H2,1-2H3,(H,27,28). The molecular formula is C23H30O8. The minimum absolute atomic E-state index is 0.291. The Morgan fingerprint density at radius 2 is 1.90 bits per heavy atom. The van der Waals surface area contributed by atoms with Gasteiger partial charge in [-0.3, -0.25) is 0 Å². The summed E-state index contributed by atoms with van der Waals surface area (Å²) in [7, 11) is 0. The molecule has 4 N–H and O–H groups in total. The number of hydrogen-bond donors (Lipinski definition) is 4. The maximum absolute atomic E-state index is 11.7. The fourth-order valence-electron chi connectivity index (χ4n) is 3.32. The van der Waals surface area contributed by atoms with E-state index in [1.54, 1.807) is 30.3 Å². The molecule has 0 radical (unpaired) electrons. The van der Waals surface area contributed by atoms with Crippen LogP contribution in [-0.2, 0) is 14.3 Å². The van der Waals surface area contributed by atoms with Crippen LogP contribution in [0.2, 0.25) is 0 Å². The number of carboxylic acid groups (broad SMARTS) is 1. The van der Waals surface area contributed by atoms with E-state index in [9.17, 15) is 30.0 Å². The first-order chi connectivity index (χ1) is 14.8. The molecule has 8 nitrogen and oxygen atoms in total. The van der Waals surface area contributed by atoms with Crippen LogP contribution < -0.4 is 4.74 Å². The number of carbonyl (C=O) groups is 2. The molecule has 0 fully saturated rings. The third kappa shape index (κ3) is 6.75. The summed E-state index contributed by atoms with van der Waals surface area (Å²) in [5.41, 5.74) is 1.07. The van der Waals surface area contributed by atoms with Crippen molar-refractivity contribution in [3.8, 4) is 5.75 Å². The molecule has 170 valence electrons. The molecule has 0 spiro atoms. The quantitative estimate of drug-likeness (QED) is 0.289. The minimum atomic E-state index is -1.38. The van der Waals surface area contributed by atoms with Gasteiger partial charge in [0.2, 0.25) is 5.76 Å². The molecule has 0 saturated heterocycles. The maximum Gasteiger partial charge on any atom is 0.377 e. The average Bonchev–Trinajstić information content (AvgIpc) is 3.02. The molecular weight excluding hydrogens is 404 g/mol. The first kappa shape index (κ1) is 24.3. The lowest BCUT2D eigenvalue weighted by atomic mass is 9.91. The van der Waals surface area contributed by atoms with Gasteiger partial charge in [0.25, 0.3) is 0 Å². The van der Waals surface area contributed by atoms with Crippen molar-refractivity contribution in [1.29, 1.82) is 0 Å². The van der Waals surface area contributed by atoms with Crippen molar-refractivity contribution in [2.45, 2.75) is 58.2 Å². The number of aliphatic hydroxyl groups is 3. The summed E-state index contributed by atoms with van der Waals surface area (Å²) in [6, 6.07) is 6.66. The summed E-state index contributed by atoms with van der Waals surface area (Å²) in [4.78, 5) is 22.9. The van der Waals surface area contributed by atoms with E-state index in [1.165, 1.54) is 0 Å². The molecule has 0 amide bonds. The predicted octanol–water partition coefficient (Wildman–Crippen LogP) is 3.75. The van der Waals surface area contributed by atoms with Crippen LogP contribution in [0.5, 0.6) is 5.75 Å². The topological polar surface area (TPSA) is 134 Å². The first-order valence-corrected chi connectivity index (χ1v) is 10.4. The summed E-state index contributed by atoms with van der Waals surface area (Å²) < 4.78 is 10.1. The van der Waals surface area contributed by atoms with Gasteiger partial charge in [-0.2, -0.15) is 0 Å². The highest BCUT2D eigenvalue weighted by molar-refractivity contribution is 5.92. The molecule has 0 bridgehead atoms. The van der Waals surface area contributed by atoms with Gasteiger partial charge in [0.15, 0.2) is 11.9 Å². The Labute approximate surface area is 181 Å². The number of carbonyl (C=O) groups excluding carboxylic acids is 1. The van der Waals surface area contributed by atoms with E-state index in [0.717, 1.165) is 25.7 Å². The van der Waals surface area contributed by atoms with Crippen molar-refractivity contribution in [2.75, 3.05) is 6.61 Å². The number of ether oxygens (including phenoxy) is 2. The lowest BCUT2D eigenvalue weighted by molar-refractivity contribution is -0.147. The van der Waals surface area contributed by atoms with Gasteiger partial charge in [-0.25, -0.2) is 9.59 Å². The van der Waals surface area contributed by atoms with Crippen LogP contribution in [0.3, 0.4) is 0 Å². The van der Waals surface area contributed by atoms with Gasteiger partial charge in [0.1, 0.15) is 18.5 Å². The van der Waals surface area contributed by atoms with Crippen LogP contribution in [0.1, 0.15) is 51.5 Å². The lowest BCUT2D eigenvalue weighted by Gasteiger charge is -2.18. The molecule has 3 atom stereocenters. The predicted molar refractivity (Wildman–Crippen MR) is 114 cm³/mol. The van der Waals surface area contributed by atoms with Crippen LogP contribution in [0.15, 0.2) is 41.4 Å². The summed E-state index contributed by atoms with van der Waals surface area (Å²) in [6.45, 7) is 3.90. The van der Waals surface area contributed by atoms with E-state index in [0.29, 0.717) is 29.2 Å². The fourth-order valence-corrected chi connectivity index (χ4v) is 3.32. The number of unbranched alkanes of at least 4 members (excludes halogenated alkanes) is 1. The van der Waals surface area contributed by atoms with Crippen LogP contribution >= 0.6 is 0 Å². The largest absolute Gasteiger partial charge is 0.505 e. The number of aliphatic hydroxyl groups excluding tert-OH is 3. The van der Waals surface area contributed by atoms with Crippen LogP contribution in [-0.4, -0.2) is 51.2 Å². The van der Waals surface area contributed by atoms with Gasteiger partial charge in [-0.15, -0.1) is 0 Å². The molecule has 0 saturated carbocycles. The van der Waals surface area contributed by atoms with Crippen molar-refractivity contribution in [3.63, 3.8) is 0 Å². The van der Waals surface area contributed by atoms with Gasteiger partial charge in [0.05, 0.1) is 0 Å². The minimum Gasteiger partial charge on any atom is -0.505 e. The fraction of sp³-hybridized carbons (Fsp3) is 0.478. The molecule has 0 aliphatic carbocycles. The van der Waals surface area contributed by atoms with Crippen LogP contribution in [0, 0.1) is 5.92 Å². The third-order valence-corrected chi connectivity index (χ3v) is 5.26. The van der Waals surface area contributed by atoms with Crippen molar-refractivity contribution in [1.82, 2.24) is 0 Å². The molecule has 2 rings (SSSR count). The number of cyclic esters (lactones) is 1. The second kappa shape index (κ2) is 11.4. The average molecular weight is 434 g/mol. The van der Waals surface area contributed by atoms with Gasteiger partial charge in [-0.05, 0) is 36.1 Å². The zero-order valence-electron chi connectivity index (χ0n) is 17.8. The van der Waals surface area contributed by atoms with Gasteiger partial charge in [-0.1, -0.05) is 51.7 Å². The van der Waals surface area contributed by atoms with Crippen molar-refractivity contribution in [3.05, 3.63) is 46.9 Å². The zero-order chi connectivity index (χ0) is 23.0. The molecule has 3 unspecified atom stereocenters. The van der Waals surface area contributed by atoms with Crippen molar-refractivity contribution >= 4 is 18.0 Å². The molecule has 1 aromatic carbocycles. The molecule has 0 aromatic heterocycles. The van der Waals surface area contributed by atoms with Crippen LogP contribution in [0.25, 0.3) is 6.08 Å². The summed E-state index contributed by atoms with van der Waals surface area (Å²) in [5.74, 6) is -2.95. The number of benzene rings is 1. The number of esters is 1. The zero-order valence-corrected chi connectivity index (χ0v) is 17.8. The molecule has 1 aromatic rings. The van der Waals surface area contributed by atoms with Gasteiger partial charge in [0, 0.05) is 5.57 Å². The smallest absolute Gasteiger partial charge is 0.377 e.